The van der Waals surface area contributed by atoms with E-state index in [1.165, 1.54) is 24.8 Å². The van der Waals surface area contributed by atoms with Gasteiger partial charge in [0.05, 0.1) is 24.6 Å². The molecule has 0 radical (unpaired) electrons. The van der Waals surface area contributed by atoms with Crippen LogP contribution in [0.5, 0.6) is 0 Å². The van der Waals surface area contributed by atoms with Gasteiger partial charge in [0.25, 0.3) is 5.56 Å². The Kier molecular flexibility index (Phi) is 5.02. The van der Waals surface area contributed by atoms with Crippen LogP contribution < -0.4 is 5.56 Å². The molecule has 2 atom stereocenters. The van der Waals surface area contributed by atoms with Gasteiger partial charge in [-0.3, -0.25) is 9.69 Å². The summed E-state index contributed by atoms with van der Waals surface area (Å²) >= 11 is 1.62. The van der Waals surface area contributed by atoms with Gasteiger partial charge >= 0.3 is 0 Å². The molecule has 1 saturated carbocycles. The maximum absolute atomic E-state index is 13.1. The van der Waals surface area contributed by atoms with Crippen molar-refractivity contribution < 1.29 is 4.74 Å². The van der Waals surface area contributed by atoms with Crippen LogP contribution in [-0.4, -0.2) is 40.2 Å². The average molecular weight is 410 g/mol. The highest BCUT2D eigenvalue weighted by molar-refractivity contribution is 7.19. The van der Waals surface area contributed by atoms with Crippen molar-refractivity contribution in [2.24, 2.45) is 0 Å². The van der Waals surface area contributed by atoms with E-state index in [4.69, 9.17) is 9.72 Å². The van der Waals surface area contributed by atoms with Crippen molar-refractivity contribution in [1.82, 2.24) is 14.9 Å². The van der Waals surface area contributed by atoms with Crippen molar-refractivity contribution in [3.05, 3.63) is 50.9 Å². The first kappa shape index (κ1) is 19.0. The lowest BCUT2D eigenvalue weighted by molar-refractivity contribution is -0.0917. The Morgan fingerprint density at radius 2 is 2.00 bits per heavy atom. The molecule has 1 aromatic carbocycles. The minimum absolute atomic E-state index is 0.0293. The maximum Gasteiger partial charge on any atom is 0.260 e. The SMILES string of the molecule is Cc1ccc(-c2c(C)sc3nc(CN4CCOC5CCCCC54)[nH]c(=O)c23)cc1. The van der Waals surface area contributed by atoms with E-state index >= 15 is 0 Å². The molecular formula is C23H27N3O2S. The molecule has 5 nitrogen and oxygen atoms in total. The number of aryl methyl sites for hydroxylation is 2. The first-order valence-electron chi connectivity index (χ1n) is 10.5. The number of thiophene rings is 1. The maximum atomic E-state index is 13.1. The molecule has 0 spiro atoms. The van der Waals surface area contributed by atoms with Gasteiger partial charge in [0.15, 0.2) is 0 Å². The van der Waals surface area contributed by atoms with E-state index in [1.807, 2.05) is 0 Å². The van der Waals surface area contributed by atoms with E-state index in [9.17, 15) is 4.79 Å². The van der Waals surface area contributed by atoms with Crippen LogP contribution in [0.25, 0.3) is 21.3 Å². The summed E-state index contributed by atoms with van der Waals surface area (Å²) in [6.07, 6.45) is 5.17. The molecule has 2 aromatic heterocycles. The number of aromatic amines is 1. The lowest BCUT2D eigenvalue weighted by Gasteiger charge is -2.43. The van der Waals surface area contributed by atoms with Crippen LogP contribution in [-0.2, 0) is 11.3 Å². The number of nitrogens with zero attached hydrogens (tertiary/aromatic N) is 2. The van der Waals surface area contributed by atoms with Gasteiger partial charge in [0.1, 0.15) is 10.7 Å². The third kappa shape index (κ3) is 3.54. The van der Waals surface area contributed by atoms with E-state index in [2.05, 4.69) is 48.0 Å². The molecule has 0 bridgehead atoms. The monoisotopic (exact) mass is 409 g/mol. The van der Waals surface area contributed by atoms with Crippen LogP contribution in [0.1, 0.15) is 41.9 Å². The third-order valence-corrected chi connectivity index (χ3v) is 7.33. The number of morpholine rings is 1. The summed E-state index contributed by atoms with van der Waals surface area (Å²) < 4.78 is 5.99. The second-order valence-corrected chi connectivity index (χ2v) is 9.53. The van der Waals surface area contributed by atoms with Crippen LogP contribution in [0.2, 0.25) is 0 Å². The number of H-pyrrole nitrogens is 1. The normalized spacial score (nSPS) is 22.7. The van der Waals surface area contributed by atoms with E-state index in [1.54, 1.807) is 11.3 Å². The minimum Gasteiger partial charge on any atom is -0.375 e. The van der Waals surface area contributed by atoms with Gasteiger partial charge in [-0.25, -0.2) is 4.98 Å². The first-order chi connectivity index (χ1) is 14.1. The second kappa shape index (κ2) is 7.67. The Balaban J connectivity index is 1.49. The molecule has 0 amide bonds. The van der Waals surface area contributed by atoms with Crippen LogP contribution in [0, 0.1) is 13.8 Å². The summed E-state index contributed by atoms with van der Waals surface area (Å²) in [7, 11) is 0. The quantitative estimate of drug-likeness (QED) is 0.696. The highest BCUT2D eigenvalue weighted by Gasteiger charge is 2.34. The zero-order valence-corrected chi connectivity index (χ0v) is 17.8. The van der Waals surface area contributed by atoms with Crippen molar-refractivity contribution in [2.75, 3.05) is 13.2 Å². The molecule has 2 unspecified atom stereocenters. The number of hydrogen-bond donors (Lipinski definition) is 1. The van der Waals surface area contributed by atoms with Crippen molar-refractivity contribution in [1.29, 1.82) is 0 Å². The van der Waals surface area contributed by atoms with Gasteiger partial charge in [-0.2, -0.15) is 0 Å². The minimum atomic E-state index is -0.0293. The summed E-state index contributed by atoms with van der Waals surface area (Å²) in [5.41, 5.74) is 3.28. The van der Waals surface area contributed by atoms with Crippen LogP contribution in [0.15, 0.2) is 29.1 Å². The van der Waals surface area contributed by atoms with E-state index in [0.29, 0.717) is 18.7 Å². The van der Waals surface area contributed by atoms with Gasteiger partial charge < -0.3 is 9.72 Å². The van der Waals surface area contributed by atoms with Crippen molar-refractivity contribution in [2.45, 2.75) is 58.2 Å². The molecule has 2 aliphatic rings. The summed E-state index contributed by atoms with van der Waals surface area (Å²) in [5, 5.41) is 0.720. The van der Waals surface area contributed by atoms with E-state index in [0.717, 1.165) is 51.6 Å². The molecule has 2 fully saturated rings. The molecular weight excluding hydrogens is 382 g/mol. The van der Waals surface area contributed by atoms with Crippen LogP contribution >= 0.6 is 11.3 Å². The molecule has 152 valence electrons. The molecule has 6 heteroatoms. The lowest BCUT2D eigenvalue weighted by Crippen LogP contribution is -2.52. The Hall–Kier alpha value is -2.02. The Bertz CT molecular complexity index is 1080. The number of nitrogens with one attached hydrogen (secondary N) is 1. The summed E-state index contributed by atoms with van der Waals surface area (Å²) in [6, 6.07) is 8.81. The summed E-state index contributed by atoms with van der Waals surface area (Å²) in [5.74, 6) is 0.769. The van der Waals surface area contributed by atoms with Crippen molar-refractivity contribution in [3.63, 3.8) is 0 Å². The number of aromatic nitrogens is 2. The molecule has 3 aromatic rings. The fourth-order valence-corrected chi connectivity index (χ4v) is 5.94. The molecule has 5 rings (SSSR count). The Labute approximate surface area is 174 Å². The number of hydrogen-bond acceptors (Lipinski definition) is 5. The second-order valence-electron chi connectivity index (χ2n) is 8.32. The third-order valence-electron chi connectivity index (χ3n) is 6.33. The standard InChI is InChI=1S/C23H27N3O2S/c1-14-7-9-16(10-8-14)20-15(2)29-23-21(20)22(27)24-19(25-23)13-26-11-12-28-18-6-4-3-5-17(18)26/h7-10,17-18H,3-6,11-13H2,1-2H3,(H,24,25,27). The smallest absolute Gasteiger partial charge is 0.260 e. The molecule has 1 saturated heterocycles. The van der Waals surface area contributed by atoms with E-state index < -0.39 is 0 Å². The van der Waals surface area contributed by atoms with Gasteiger partial charge in [-0.1, -0.05) is 42.7 Å². The van der Waals surface area contributed by atoms with Gasteiger partial charge in [0.2, 0.25) is 0 Å². The van der Waals surface area contributed by atoms with Crippen molar-refractivity contribution in [3.8, 4) is 11.1 Å². The average Bonchev–Trinajstić information content (AvgIpc) is 3.05. The number of rotatable bonds is 3. The number of benzene rings is 1. The Morgan fingerprint density at radius 3 is 2.83 bits per heavy atom. The fraction of sp³-hybridized carbons (Fsp3) is 0.478. The molecule has 1 aliphatic carbocycles. The van der Waals surface area contributed by atoms with Gasteiger partial charge in [-0.15, -0.1) is 11.3 Å². The highest BCUT2D eigenvalue weighted by atomic mass is 32.1. The Morgan fingerprint density at radius 1 is 1.21 bits per heavy atom. The topological polar surface area (TPSA) is 58.2 Å². The lowest BCUT2D eigenvalue weighted by atomic mass is 9.90. The van der Waals surface area contributed by atoms with Crippen LogP contribution in [0.3, 0.4) is 0 Å². The van der Waals surface area contributed by atoms with E-state index in [-0.39, 0.29) is 5.56 Å². The zero-order valence-electron chi connectivity index (χ0n) is 17.0. The first-order valence-corrected chi connectivity index (χ1v) is 11.4. The largest absolute Gasteiger partial charge is 0.375 e. The molecule has 3 heterocycles. The molecule has 1 N–H and O–H groups in total. The van der Waals surface area contributed by atoms with Crippen LogP contribution in [0.4, 0.5) is 0 Å². The van der Waals surface area contributed by atoms with Gasteiger partial charge in [0, 0.05) is 23.0 Å². The predicted molar refractivity (Wildman–Crippen MR) is 118 cm³/mol. The van der Waals surface area contributed by atoms with Crippen molar-refractivity contribution >= 4 is 21.6 Å². The fourth-order valence-electron chi connectivity index (χ4n) is 4.87. The van der Waals surface area contributed by atoms with Gasteiger partial charge in [-0.05, 0) is 32.3 Å². The number of fused-ring (bicyclic) bond motifs is 2. The summed E-state index contributed by atoms with van der Waals surface area (Å²) in [6.45, 7) is 6.51. The predicted octanol–water partition coefficient (Wildman–Crippen LogP) is 4.41. The molecule has 29 heavy (non-hydrogen) atoms. The highest BCUT2D eigenvalue weighted by Crippen LogP contribution is 2.36. The molecule has 1 aliphatic heterocycles. The zero-order chi connectivity index (χ0) is 20.0. The number of ether oxygens (including phenoxy) is 1. The summed E-state index contributed by atoms with van der Waals surface area (Å²) in [4.78, 5) is 25.5.